The van der Waals surface area contributed by atoms with Crippen molar-refractivity contribution in [2.45, 2.75) is 25.4 Å². The molecule has 1 aliphatic rings. The first-order valence-electron chi connectivity index (χ1n) is 5.32. The first-order chi connectivity index (χ1) is 7.24. The predicted octanol–water partition coefficient (Wildman–Crippen LogP) is 1.75. The molecule has 0 bridgehead atoms. The fourth-order valence-corrected chi connectivity index (χ4v) is 1.81. The summed E-state index contributed by atoms with van der Waals surface area (Å²) in [5, 5.41) is 3.44. The minimum atomic E-state index is -0.160. The van der Waals surface area contributed by atoms with E-state index < -0.39 is 0 Å². The largest absolute Gasteiger partial charge is 0.378 e. The molecule has 3 heteroatoms. The van der Waals surface area contributed by atoms with Crippen molar-refractivity contribution in [3.8, 4) is 0 Å². The molecule has 1 unspecified atom stereocenters. The summed E-state index contributed by atoms with van der Waals surface area (Å²) in [7, 11) is 0. The maximum Gasteiger partial charge on any atom is 0.123 e. The molecule has 1 saturated heterocycles. The Hall–Kier alpha value is -0.930. The van der Waals surface area contributed by atoms with Gasteiger partial charge in [0.1, 0.15) is 5.82 Å². The van der Waals surface area contributed by atoms with Crippen LogP contribution in [0.2, 0.25) is 0 Å². The zero-order valence-corrected chi connectivity index (χ0v) is 8.87. The summed E-state index contributed by atoms with van der Waals surface area (Å²) < 4.78 is 18.0. The molecule has 0 aliphatic carbocycles. The first-order valence-corrected chi connectivity index (χ1v) is 5.32. The first kappa shape index (κ1) is 10.6. The Labute approximate surface area is 89.4 Å². The van der Waals surface area contributed by atoms with Gasteiger partial charge in [-0.05, 0) is 31.0 Å². The van der Waals surface area contributed by atoms with Gasteiger partial charge in [-0.3, -0.25) is 0 Å². The van der Waals surface area contributed by atoms with Crippen LogP contribution in [0.15, 0.2) is 24.3 Å². The molecular weight excluding hydrogens is 193 g/mol. The second-order valence-electron chi connectivity index (χ2n) is 4.14. The Bertz CT molecular complexity index is 325. The van der Waals surface area contributed by atoms with Crippen LogP contribution in [0.5, 0.6) is 0 Å². The van der Waals surface area contributed by atoms with E-state index in [2.05, 4.69) is 12.2 Å². The molecule has 0 saturated carbocycles. The van der Waals surface area contributed by atoms with Gasteiger partial charge < -0.3 is 10.1 Å². The van der Waals surface area contributed by atoms with Gasteiger partial charge >= 0.3 is 0 Å². The van der Waals surface area contributed by atoms with Gasteiger partial charge in [-0.15, -0.1) is 0 Å². The smallest absolute Gasteiger partial charge is 0.123 e. The third-order valence-corrected chi connectivity index (χ3v) is 2.59. The molecule has 1 atom stereocenters. The molecule has 1 aromatic rings. The number of nitrogens with one attached hydrogen (secondary N) is 1. The van der Waals surface area contributed by atoms with Crippen LogP contribution in [0.4, 0.5) is 4.39 Å². The van der Waals surface area contributed by atoms with Crippen molar-refractivity contribution in [2.24, 2.45) is 0 Å². The number of ether oxygens (including phenoxy) is 1. The number of rotatable bonds is 4. The minimum Gasteiger partial charge on any atom is -0.378 e. The van der Waals surface area contributed by atoms with Gasteiger partial charge in [-0.2, -0.15) is 0 Å². The van der Waals surface area contributed by atoms with Crippen LogP contribution in [0.1, 0.15) is 12.5 Å². The molecule has 15 heavy (non-hydrogen) atoms. The van der Waals surface area contributed by atoms with Gasteiger partial charge in [0.2, 0.25) is 0 Å². The standard InChI is InChI=1S/C12H16FNO/c1-9(14-12-7-15-8-12)5-10-3-2-4-11(13)6-10/h2-4,6,9,12,14H,5,7-8H2,1H3. The molecule has 2 nitrogen and oxygen atoms in total. The summed E-state index contributed by atoms with van der Waals surface area (Å²) in [4.78, 5) is 0. The van der Waals surface area contributed by atoms with Crippen LogP contribution in [0.3, 0.4) is 0 Å². The van der Waals surface area contributed by atoms with Crippen LogP contribution in [-0.4, -0.2) is 25.3 Å². The zero-order chi connectivity index (χ0) is 10.7. The van der Waals surface area contributed by atoms with Crippen molar-refractivity contribution in [3.63, 3.8) is 0 Å². The highest BCUT2D eigenvalue weighted by molar-refractivity contribution is 5.17. The van der Waals surface area contributed by atoms with Crippen LogP contribution < -0.4 is 5.32 Å². The number of hydrogen-bond acceptors (Lipinski definition) is 2. The second-order valence-corrected chi connectivity index (χ2v) is 4.14. The topological polar surface area (TPSA) is 21.3 Å². The molecule has 1 heterocycles. The summed E-state index contributed by atoms with van der Waals surface area (Å²) in [6, 6.07) is 7.62. The third kappa shape index (κ3) is 3.01. The van der Waals surface area contributed by atoms with Crippen molar-refractivity contribution in [2.75, 3.05) is 13.2 Å². The van der Waals surface area contributed by atoms with E-state index in [0.717, 1.165) is 25.2 Å². The zero-order valence-electron chi connectivity index (χ0n) is 8.87. The van der Waals surface area contributed by atoms with E-state index in [1.165, 1.54) is 6.07 Å². The lowest BCUT2D eigenvalue weighted by Gasteiger charge is -2.30. The number of halogens is 1. The Morgan fingerprint density at radius 1 is 1.53 bits per heavy atom. The summed E-state index contributed by atoms with van der Waals surface area (Å²) in [5.41, 5.74) is 1.04. The lowest BCUT2D eigenvalue weighted by atomic mass is 10.1. The van der Waals surface area contributed by atoms with Crippen LogP contribution in [-0.2, 0) is 11.2 Å². The Morgan fingerprint density at radius 3 is 2.93 bits per heavy atom. The number of benzene rings is 1. The Balaban J connectivity index is 1.84. The van der Waals surface area contributed by atoms with Crippen LogP contribution in [0.25, 0.3) is 0 Å². The van der Waals surface area contributed by atoms with Gasteiger partial charge in [0.25, 0.3) is 0 Å². The van der Waals surface area contributed by atoms with E-state index in [-0.39, 0.29) is 5.82 Å². The Morgan fingerprint density at radius 2 is 2.33 bits per heavy atom. The van der Waals surface area contributed by atoms with E-state index in [4.69, 9.17) is 4.74 Å². The van der Waals surface area contributed by atoms with Gasteiger partial charge in [0.05, 0.1) is 19.3 Å². The summed E-state index contributed by atoms with van der Waals surface area (Å²) >= 11 is 0. The molecule has 1 aliphatic heterocycles. The highest BCUT2D eigenvalue weighted by Gasteiger charge is 2.19. The maximum absolute atomic E-state index is 12.9. The second kappa shape index (κ2) is 4.73. The molecule has 0 aromatic heterocycles. The lowest BCUT2D eigenvalue weighted by Crippen LogP contribution is -2.50. The van der Waals surface area contributed by atoms with E-state index in [0.29, 0.717) is 12.1 Å². The van der Waals surface area contributed by atoms with E-state index in [1.54, 1.807) is 12.1 Å². The molecule has 0 radical (unpaired) electrons. The molecular formula is C12H16FNO. The molecule has 2 rings (SSSR count). The monoisotopic (exact) mass is 209 g/mol. The fraction of sp³-hybridized carbons (Fsp3) is 0.500. The number of hydrogen-bond donors (Lipinski definition) is 1. The average Bonchev–Trinajstić information content (AvgIpc) is 2.11. The molecule has 0 spiro atoms. The maximum atomic E-state index is 12.9. The van der Waals surface area contributed by atoms with Crippen molar-refractivity contribution in [1.82, 2.24) is 5.32 Å². The van der Waals surface area contributed by atoms with Crippen molar-refractivity contribution in [3.05, 3.63) is 35.6 Å². The molecule has 1 N–H and O–H groups in total. The molecule has 0 amide bonds. The normalized spacial score (nSPS) is 18.5. The molecule has 1 fully saturated rings. The van der Waals surface area contributed by atoms with E-state index in [9.17, 15) is 4.39 Å². The minimum absolute atomic E-state index is 0.160. The van der Waals surface area contributed by atoms with E-state index in [1.807, 2.05) is 6.07 Å². The Kier molecular flexibility index (Phi) is 3.34. The molecule has 82 valence electrons. The van der Waals surface area contributed by atoms with Gasteiger partial charge in [-0.1, -0.05) is 12.1 Å². The van der Waals surface area contributed by atoms with Crippen LogP contribution >= 0.6 is 0 Å². The highest BCUT2D eigenvalue weighted by atomic mass is 19.1. The van der Waals surface area contributed by atoms with Gasteiger partial charge in [-0.25, -0.2) is 4.39 Å². The van der Waals surface area contributed by atoms with Gasteiger partial charge in [0, 0.05) is 6.04 Å². The van der Waals surface area contributed by atoms with Crippen LogP contribution in [0, 0.1) is 5.82 Å². The average molecular weight is 209 g/mol. The molecule has 1 aromatic carbocycles. The lowest BCUT2D eigenvalue weighted by molar-refractivity contribution is -0.00908. The highest BCUT2D eigenvalue weighted by Crippen LogP contribution is 2.08. The van der Waals surface area contributed by atoms with Crippen molar-refractivity contribution >= 4 is 0 Å². The third-order valence-electron chi connectivity index (χ3n) is 2.59. The summed E-state index contributed by atoms with van der Waals surface area (Å²) in [5.74, 6) is -0.160. The summed E-state index contributed by atoms with van der Waals surface area (Å²) in [6.45, 7) is 3.71. The van der Waals surface area contributed by atoms with Crippen molar-refractivity contribution < 1.29 is 9.13 Å². The summed E-state index contributed by atoms with van der Waals surface area (Å²) in [6.07, 6.45) is 0.855. The quantitative estimate of drug-likeness (QED) is 0.815. The fourth-order valence-electron chi connectivity index (χ4n) is 1.81. The SMILES string of the molecule is CC(Cc1cccc(F)c1)NC1COC1. The van der Waals surface area contributed by atoms with Gasteiger partial charge in [0.15, 0.2) is 0 Å². The predicted molar refractivity (Wildman–Crippen MR) is 57.3 cm³/mol. The van der Waals surface area contributed by atoms with E-state index >= 15 is 0 Å². The van der Waals surface area contributed by atoms with Crippen molar-refractivity contribution in [1.29, 1.82) is 0 Å².